The van der Waals surface area contributed by atoms with Crippen molar-refractivity contribution in [2.45, 2.75) is 42.9 Å². The molecule has 0 saturated carbocycles. The van der Waals surface area contributed by atoms with Crippen molar-refractivity contribution in [2.75, 3.05) is 9.71 Å². The molecule has 0 atom stereocenters. The standard InChI is InChI=1S/C41H31BN2OS/c1-24-20-27-26-22-29-36(45-35-17-9-6-13-28(35)41(29,3)4)23-33(26)44(31-15-7-5-12-25(31)2)42-30-14-11-19-38-40(30)43(34(21-24)39(27)42)32-16-8-10-18-37(32)46-38/h5-23H,1-4H3. The minimum atomic E-state index is -0.210. The van der Waals surface area contributed by atoms with Crippen LogP contribution in [-0.2, 0) is 5.41 Å². The molecule has 6 aromatic rings. The van der Waals surface area contributed by atoms with Crippen molar-refractivity contribution in [3.05, 3.63) is 138 Å². The molecule has 0 radical (unpaired) electrons. The Kier molecular flexibility index (Phi) is 5.22. The van der Waals surface area contributed by atoms with E-state index in [1.165, 1.54) is 82.5 Å². The number of hydrogen-bond acceptors (Lipinski definition) is 4. The molecule has 4 heterocycles. The van der Waals surface area contributed by atoms with Gasteiger partial charge in [-0.3, -0.25) is 0 Å². The van der Waals surface area contributed by atoms with E-state index in [0.717, 1.165) is 11.5 Å². The maximum Gasteiger partial charge on any atom is 0.333 e. The Morgan fingerprint density at radius 2 is 1.39 bits per heavy atom. The molecule has 3 nitrogen and oxygen atoms in total. The highest BCUT2D eigenvalue weighted by Gasteiger charge is 2.48. The first kappa shape index (κ1) is 26.4. The molecule has 0 saturated heterocycles. The van der Waals surface area contributed by atoms with Gasteiger partial charge in [-0.05, 0) is 83.9 Å². The van der Waals surface area contributed by atoms with Crippen molar-refractivity contribution < 1.29 is 4.74 Å². The van der Waals surface area contributed by atoms with Gasteiger partial charge in [0.1, 0.15) is 11.5 Å². The summed E-state index contributed by atoms with van der Waals surface area (Å²) in [6.45, 7) is 9.13. The van der Waals surface area contributed by atoms with Crippen LogP contribution in [0.5, 0.6) is 11.5 Å². The van der Waals surface area contributed by atoms with Crippen molar-refractivity contribution in [1.29, 1.82) is 0 Å². The van der Waals surface area contributed by atoms with Gasteiger partial charge in [0.2, 0.25) is 0 Å². The molecule has 46 heavy (non-hydrogen) atoms. The van der Waals surface area contributed by atoms with Gasteiger partial charge in [-0.15, -0.1) is 0 Å². The quantitative estimate of drug-likeness (QED) is 0.172. The third-order valence-corrected chi connectivity index (χ3v) is 11.5. The summed E-state index contributed by atoms with van der Waals surface area (Å²) in [4.78, 5) is 7.73. The van der Waals surface area contributed by atoms with E-state index in [0.29, 0.717) is 0 Å². The first-order chi connectivity index (χ1) is 22.4. The van der Waals surface area contributed by atoms with Crippen LogP contribution in [0.25, 0.3) is 11.1 Å². The van der Waals surface area contributed by atoms with Crippen LogP contribution in [-0.4, -0.2) is 6.85 Å². The third kappa shape index (κ3) is 3.36. The number of rotatable bonds is 1. The van der Waals surface area contributed by atoms with E-state index in [9.17, 15) is 0 Å². The Morgan fingerprint density at radius 1 is 0.630 bits per heavy atom. The lowest BCUT2D eigenvalue weighted by Gasteiger charge is -2.48. The largest absolute Gasteiger partial charge is 0.457 e. The molecule has 6 aromatic carbocycles. The fraction of sp³-hybridized carbons (Fsp3) is 0.122. The smallest absolute Gasteiger partial charge is 0.333 e. The first-order valence-corrected chi connectivity index (χ1v) is 16.9. The molecule has 4 aliphatic rings. The van der Waals surface area contributed by atoms with Gasteiger partial charge in [-0.1, -0.05) is 92.3 Å². The van der Waals surface area contributed by atoms with Gasteiger partial charge in [-0.2, -0.15) is 0 Å². The molecule has 10 rings (SSSR count). The zero-order valence-electron chi connectivity index (χ0n) is 26.3. The summed E-state index contributed by atoms with van der Waals surface area (Å²) in [5, 5.41) is 0. The van der Waals surface area contributed by atoms with E-state index >= 15 is 0 Å². The number of ether oxygens (including phenoxy) is 1. The zero-order valence-corrected chi connectivity index (χ0v) is 27.1. The van der Waals surface area contributed by atoms with Crippen LogP contribution >= 0.6 is 11.8 Å². The van der Waals surface area contributed by atoms with Crippen LogP contribution in [0.3, 0.4) is 0 Å². The van der Waals surface area contributed by atoms with E-state index in [1.54, 1.807) is 0 Å². The predicted octanol–water partition coefficient (Wildman–Crippen LogP) is 9.91. The molecule has 0 aliphatic carbocycles. The van der Waals surface area contributed by atoms with Crippen LogP contribution in [0.4, 0.5) is 28.4 Å². The molecule has 220 valence electrons. The molecule has 0 N–H and O–H groups in total. The van der Waals surface area contributed by atoms with E-state index in [1.807, 2.05) is 11.8 Å². The second-order valence-electron chi connectivity index (χ2n) is 13.5. The van der Waals surface area contributed by atoms with E-state index < -0.39 is 0 Å². The fourth-order valence-corrected chi connectivity index (χ4v) is 9.43. The molecule has 0 fully saturated rings. The number of aryl methyl sites for hydroxylation is 2. The van der Waals surface area contributed by atoms with Gasteiger partial charge < -0.3 is 14.4 Å². The van der Waals surface area contributed by atoms with Crippen molar-refractivity contribution >= 4 is 58.0 Å². The van der Waals surface area contributed by atoms with E-state index in [-0.39, 0.29) is 12.3 Å². The van der Waals surface area contributed by atoms with E-state index in [2.05, 4.69) is 153 Å². The summed E-state index contributed by atoms with van der Waals surface area (Å²) in [6, 6.07) is 42.6. The molecular weight excluding hydrogens is 579 g/mol. The number of anilines is 5. The average molecular weight is 611 g/mol. The highest BCUT2D eigenvalue weighted by Crippen LogP contribution is 2.57. The average Bonchev–Trinajstić information content (AvgIpc) is 3.06. The maximum absolute atomic E-state index is 6.74. The molecule has 0 amide bonds. The zero-order chi connectivity index (χ0) is 30.9. The topological polar surface area (TPSA) is 15.7 Å². The Balaban J connectivity index is 1.33. The second kappa shape index (κ2) is 9.11. The SMILES string of the molecule is Cc1cc2c3c(c1)N1c4ccccc4Sc4cccc(c41)B3N(c1ccccc1C)c1cc3c(cc1-2)C(C)(C)c1ccccc1O3. The van der Waals surface area contributed by atoms with Crippen molar-refractivity contribution in [1.82, 2.24) is 0 Å². The molecular formula is C41H31BN2OS. The van der Waals surface area contributed by atoms with Gasteiger partial charge in [0.15, 0.2) is 0 Å². The van der Waals surface area contributed by atoms with Crippen molar-refractivity contribution in [2.24, 2.45) is 0 Å². The maximum atomic E-state index is 6.74. The summed E-state index contributed by atoms with van der Waals surface area (Å²) < 4.78 is 6.74. The van der Waals surface area contributed by atoms with Gasteiger partial charge >= 0.3 is 6.85 Å². The van der Waals surface area contributed by atoms with Crippen LogP contribution in [0.15, 0.2) is 125 Å². The monoisotopic (exact) mass is 610 g/mol. The normalized spacial score (nSPS) is 15.5. The van der Waals surface area contributed by atoms with Crippen LogP contribution in [0.2, 0.25) is 0 Å². The number of nitrogens with zero attached hydrogens (tertiary/aromatic N) is 2. The lowest BCUT2D eigenvalue weighted by Crippen LogP contribution is -2.62. The Hall–Kier alpha value is -4.87. The number of para-hydroxylation sites is 4. The molecule has 4 aliphatic heterocycles. The van der Waals surface area contributed by atoms with Gasteiger partial charge in [0, 0.05) is 55.0 Å². The Morgan fingerprint density at radius 3 is 2.26 bits per heavy atom. The van der Waals surface area contributed by atoms with Crippen molar-refractivity contribution in [3.8, 4) is 22.6 Å². The number of fused-ring (bicyclic) bond motifs is 8. The highest BCUT2D eigenvalue weighted by atomic mass is 32.2. The summed E-state index contributed by atoms with van der Waals surface area (Å²) in [5.41, 5.74) is 16.2. The lowest BCUT2D eigenvalue weighted by molar-refractivity contribution is 0.418. The minimum absolute atomic E-state index is 0.00167. The summed E-state index contributed by atoms with van der Waals surface area (Å²) in [5.74, 6) is 1.88. The number of benzene rings is 6. The molecule has 5 heteroatoms. The molecule has 0 aromatic heterocycles. The lowest BCUT2D eigenvalue weighted by atomic mass is 9.43. The fourth-order valence-electron chi connectivity index (χ4n) is 8.33. The molecule has 0 bridgehead atoms. The van der Waals surface area contributed by atoms with Gasteiger partial charge in [0.25, 0.3) is 0 Å². The van der Waals surface area contributed by atoms with Crippen molar-refractivity contribution in [3.63, 3.8) is 0 Å². The Labute approximate surface area is 274 Å². The van der Waals surface area contributed by atoms with E-state index in [4.69, 9.17) is 4.74 Å². The first-order valence-electron chi connectivity index (χ1n) is 16.1. The second-order valence-corrected chi connectivity index (χ2v) is 14.6. The number of hydrogen-bond donors (Lipinski definition) is 0. The third-order valence-electron chi connectivity index (χ3n) is 10.4. The van der Waals surface area contributed by atoms with Crippen LogP contribution < -0.4 is 25.4 Å². The molecule has 0 spiro atoms. The predicted molar refractivity (Wildman–Crippen MR) is 192 cm³/mol. The summed E-state index contributed by atoms with van der Waals surface area (Å²) in [6.07, 6.45) is 0. The Bertz CT molecular complexity index is 2310. The van der Waals surface area contributed by atoms with Crippen LogP contribution in [0.1, 0.15) is 36.1 Å². The highest BCUT2D eigenvalue weighted by molar-refractivity contribution is 7.99. The summed E-state index contributed by atoms with van der Waals surface area (Å²) >= 11 is 1.88. The summed E-state index contributed by atoms with van der Waals surface area (Å²) in [7, 11) is 0. The van der Waals surface area contributed by atoms with Crippen LogP contribution in [0, 0.1) is 13.8 Å². The molecule has 0 unspecified atom stereocenters. The van der Waals surface area contributed by atoms with Gasteiger partial charge in [0.05, 0.1) is 11.4 Å². The minimum Gasteiger partial charge on any atom is -0.457 e. The van der Waals surface area contributed by atoms with Gasteiger partial charge in [-0.25, -0.2) is 0 Å².